The monoisotopic (exact) mass is 453 g/mol. The summed E-state index contributed by atoms with van der Waals surface area (Å²) in [5.74, 6) is -0.884. The van der Waals surface area contributed by atoms with Crippen molar-refractivity contribution >= 4 is 46.2 Å². The van der Waals surface area contributed by atoms with Gasteiger partial charge in [0.1, 0.15) is 11.4 Å². The molecule has 2 amide bonds. The Balaban J connectivity index is 1.87. The van der Waals surface area contributed by atoms with Gasteiger partial charge in [-0.05, 0) is 48.9 Å². The molecule has 0 bridgehead atoms. The van der Waals surface area contributed by atoms with E-state index < -0.39 is 5.91 Å². The average molecular weight is 454 g/mol. The first-order valence-corrected chi connectivity index (χ1v) is 10.1. The number of amides is 2. The van der Waals surface area contributed by atoms with E-state index >= 15 is 0 Å². The Morgan fingerprint density at radius 1 is 1.06 bits per heavy atom. The Morgan fingerprint density at radius 3 is 2.61 bits per heavy atom. The van der Waals surface area contributed by atoms with Crippen LogP contribution in [0.25, 0.3) is 16.9 Å². The highest BCUT2D eigenvalue weighted by atomic mass is 35.5. The molecule has 4 aromatic rings. The number of benzene rings is 1. The summed E-state index contributed by atoms with van der Waals surface area (Å²) in [7, 11) is 1.51. The van der Waals surface area contributed by atoms with Crippen LogP contribution < -0.4 is 10.6 Å². The number of nitrogens with one attached hydrogen (secondary N) is 2. The normalized spacial score (nSPS) is 10.8. The molecule has 3 aromatic heterocycles. The van der Waals surface area contributed by atoms with Crippen molar-refractivity contribution < 1.29 is 9.59 Å². The molecule has 4 rings (SSSR count). The van der Waals surface area contributed by atoms with Gasteiger partial charge in [-0.2, -0.15) is 0 Å². The van der Waals surface area contributed by atoms with Crippen LogP contribution in [-0.4, -0.2) is 33.2 Å². The molecule has 0 fully saturated rings. The van der Waals surface area contributed by atoms with Crippen LogP contribution in [-0.2, 0) is 0 Å². The van der Waals surface area contributed by atoms with Crippen molar-refractivity contribution in [1.29, 1.82) is 0 Å². The van der Waals surface area contributed by atoms with Crippen molar-refractivity contribution in [3.8, 4) is 11.4 Å². The molecule has 0 atom stereocenters. The zero-order valence-electron chi connectivity index (χ0n) is 16.6. The van der Waals surface area contributed by atoms with Gasteiger partial charge in [0.25, 0.3) is 11.8 Å². The number of aryl methyl sites for hydroxylation is 1. The molecule has 0 saturated carbocycles. The second-order valence-corrected chi connectivity index (χ2v) is 7.61. The Bertz CT molecular complexity index is 1330. The lowest BCUT2D eigenvalue weighted by molar-refractivity contribution is 0.0964. The molecule has 156 valence electrons. The second kappa shape index (κ2) is 8.37. The number of hydrogen-bond donors (Lipinski definition) is 2. The molecule has 31 heavy (non-hydrogen) atoms. The lowest BCUT2D eigenvalue weighted by atomic mass is 10.1. The first-order valence-electron chi connectivity index (χ1n) is 9.31. The largest absolute Gasteiger partial charge is 0.355 e. The lowest BCUT2D eigenvalue weighted by Crippen LogP contribution is -2.23. The van der Waals surface area contributed by atoms with Crippen LogP contribution in [0.1, 0.15) is 26.4 Å². The van der Waals surface area contributed by atoms with Crippen LogP contribution in [0.5, 0.6) is 0 Å². The minimum absolute atomic E-state index is 0.113. The number of carbonyl (C=O) groups is 2. The molecule has 0 unspecified atom stereocenters. The minimum atomic E-state index is -0.511. The topological polar surface area (TPSA) is 88.4 Å². The standard InChI is InChI=1S/C22H17Cl2N5O2/c1-12-9-13(23)10-15(21(30)25-2)17(12)28-22(31)19-20(18-16(24)6-3-7-26-18)29-8-4-5-14(29)11-27-19/h3-11H,1-2H3,(H,25,30)(H,28,31). The molecular weight excluding hydrogens is 437 g/mol. The highest BCUT2D eigenvalue weighted by molar-refractivity contribution is 6.33. The first-order chi connectivity index (χ1) is 14.9. The van der Waals surface area contributed by atoms with Crippen LogP contribution in [0.4, 0.5) is 5.69 Å². The number of anilines is 1. The number of nitrogens with zero attached hydrogens (tertiary/aromatic N) is 3. The Kier molecular flexibility index (Phi) is 5.63. The molecule has 3 heterocycles. The van der Waals surface area contributed by atoms with Gasteiger partial charge in [0.15, 0.2) is 5.69 Å². The van der Waals surface area contributed by atoms with Gasteiger partial charge in [-0.15, -0.1) is 0 Å². The van der Waals surface area contributed by atoms with E-state index in [2.05, 4.69) is 20.6 Å². The third kappa shape index (κ3) is 3.85. The third-order valence-electron chi connectivity index (χ3n) is 4.78. The minimum Gasteiger partial charge on any atom is -0.355 e. The van der Waals surface area contributed by atoms with E-state index in [1.807, 2.05) is 12.1 Å². The van der Waals surface area contributed by atoms with E-state index in [0.717, 1.165) is 5.52 Å². The maximum Gasteiger partial charge on any atom is 0.276 e. The maximum absolute atomic E-state index is 13.4. The molecule has 0 aliphatic rings. The van der Waals surface area contributed by atoms with E-state index in [0.29, 0.717) is 32.7 Å². The molecule has 9 heteroatoms. The van der Waals surface area contributed by atoms with Gasteiger partial charge in [0.05, 0.1) is 28.0 Å². The molecule has 0 spiro atoms. The molecule has 1 aromatic carbocycles. The van der Waals surface area contributed by atoms with Crippen molar-refractivity contribution in [2.24, 2.45) is 0 Å². The van der Waals surface area contributed by atoms with Gasteiger partial charge in [-0.1, -0.05) is 23.2 Å². The van der Waals surface area contributed by atoms with Gasteiger partial charge in [-0.3, -0.25) is 14.6 Å². The van der Waals surface area contributed by atoms with E-state index in [1.165, 1.54) is 13.1 Å². The molecule has 0 aliphatic carbocycles. The van der Waals surface area contributed by atoms with Gasteiger partial charge >= 0.3 is 0 Å². The van der Waals surface area contributed by atoms with E-state index in [4.69, 9.17) is 23.2 Å². The fraction of sp³-hybridized carbons (Fsp3) is 0.0909. The summed E-state index contributed by atoms with van der Waals surface area (Å²) >= 11 is 12.5. The molecule has 0 aliphatic heterocycles. The van der Waals surface area contributed by atoms with Gasteiger partial charge < -0.3 is 15.0 Å². The number of carbonyl (C=O) groups excluding carboxylic acids is 2. The van der Waals surface area contributed by atoms with Crippen molar-refractivity contribution in [2.45, 2.75) is 6.92 Å². The molecule has 2 N–H and O–H groups in total. The number of pyridine rings is 1. The summed E-state index contributed by atoms with van der Waals surface area (Å²) < 4.78 is 1.80. The highest BCUT2D eigenvalue weighted by Crippen LogP contribution is 2.30. The second-order valence-electron chi connectivity index (χ2n) is 6.77. The predicted octanol–water partition coefficient (Wildman–Crippen LogP) is 4.62. The van der Waals surface area contributed by atoms with Crippen LogP contribution in [0.3, 0.4) is 0 Å². The molecular formula is C22H17Cl2N5O2. The SMILES string of the molecule is CNC(=O)c1cc(Cl)cc(C)c1NC(=O)c1ncc2cccn2c1-c1ncccc1Cl. The number of rotatable bonds is 4. The Hall–Kier alpha value is -3.42. The highest BCUT2D eigenvalue weighted by Gasteiger charge is 2.23. The maximum atomic E-state index is 13.4. The Labute approximate surface area is 188 Å². The number of hydrogen-bond acceptors (Lipinski definition) is 4. The van der Waals surface area contributed by atoms with Crippen LogP contribution in [0.15, 0.2) is 55.0 Å². The third-order valence-corrected chi connectivity index (χ3v) is 5.30. The molecule has 0 radical (unpaired) electrons. The number of fused-ring (bicyclic) bond motifs is 1. The van der Waals surface area contributed by atoms with Gasteiger partial charge in [0, 0.05) is 24.5 Å². The lowest BCUT2D eigenvalue weighted by Gasteiger charge is -2.16. The van der Waals surface area contributed by atoms with Crippen molar-refractivity contribution in [1.82, 2.24) is 19.7 Å². The summed E-state index contributed by atoms with van der Waals surface area (Å²) in [6.07, 6.45) is 4.99. The fourth-order valence-electron chi connectivity index (χ4n) is 3.36. The van der Waals surface area contributed by atoms with Crippen LogP contribution in [0.2, 0.25) is 10.0 Å². The van der Waals surface area contributed by atoms with Gasteiger partial charge in [-0.25, -0.2) is 4.98 Å². The van der Waals surface area contributed by atoms with Crippen LogP contribution in [0, 0.1) is 6.92 Å². The van der Waals surface area contributed by atoms with E-state index in [-0.39, 0.29) is 17.2 Å². The summed E-state index contributed by atoms with van der Waals surface area (Å²) in [5, 5.41) is 6.15. The van der Waals surface area contributed by atoms with Crippen LogP contribution >= 0.6 is 23.2 Å². The number of aromatic nitrogens is 3. The summed E-state index contributed by atoms with van der Waals surface area (Å²) in [6, 6.07) is 10.3. The quantitative estimate of drug-likeness (QED) is 0.471. The average Bonchev–Trinajstić information content (AvgIpc) is 3.23. The fourth-order valence-corrected chi connectivity index (χ4v) is 3.84. The van der Waals surface area contributed by atoms with E-state index in [9.17, 15) is 9.59 Å². The van der Waals surface area contributed by atoms with Crippen molar-refractivity contribution in [2.75, 3.05) is 12.4 Å². The zero-order chi connectivity index (χ0) is 22.1. The molecule has 0 saturated heterocycles. The predicted molar refractivity (Wildman–Crippen MR) is 121 cm³/mol. The smallest absolute Gasteiger partial charge is 0.276 e. The number of halogens is 2. The Morgan fingerprint density at radius 2 is 1.87 bits per heavy atom. The summed E-state index contributed by atoms with van der Waals surface area (Å²) in [6.45, 7) is 1.76. The van der Waals surface area contributed by atoms with Crippen molar-refractivity contribution in [3.63, 3.8) is 0 Å². The van der Waals surface area contributed by atoms with E-state index in [1.54, 1.807) is 48.1 Å². The van der Waals surface area contributed by atoms with Crippen molar-refractivity contribution in [3.05, 3.63) is 81.9 Å². The summed E-state index contributed by atoms with van der Waals surface area (Å²) in [4.78, 5) is 34.5. The zero-order valence-corrected chi connectivity index (χ0v) is 18.1. The first kappa shape index (κ1) is 20.8. The molecule has 7 nitrogen and oxygen atoms in total. The van der Waals surface area contributed by atoms with Gasteiger partial charge in [0.2, 0.25) is 0 Å². The summed E-state index contributed by atoms with van der Waals surface area (Å²) in [5.41, 5.74) is 2.99.